The first-order valence-electron chi connectivity index (χ1n) is 30.6. The summed E-state index contributed by atoms with van der Waals surface area (Å²) in [5, 5.41) is 36.4. The Morgan fingerprint density at radius 3 is 2.42 bits per heavy atom. The maximum absolute atomic E-state index is 16.3. The van der Waals surface area contributed by atoms with Gasteiger partial charge in [-0.05, 0) is 112 Å². The molecule has 5 aliphatic rings. The molecule has 4 N–H and O–H groups in total. The van der Waals surface area contributed by atoms with Crippen molar-refractivity contribution in [2.24, 2.45) is 16.3 Å². The Kier molecular flexibility index (Phi) is 17.1. The summed E-state index contributed by atoms with van der Waals surface area (Å²) in [5.41, 5.74) is 8.04. The number of aliphatic hydroxyl groups is 1. The zero-order chi connectivity index (χ0) is 61.4. The first kappa shape index (κ1) is 59.7. The Bertz CT molecular complexity index is 3790. The van der Waals surface area contributed by atoms with E-state index in [-0.39, 0.29) is 60.8 Å². The van der Waals surface area contributed by atoms with Gasteiger partial charge in [-0.1, -0.05) is 79.8 Å². The Balaban J connectivity index is 0.806. The van der Waals surface area contributed by atoms with Crippen LogP contribution in [0.3, 0.4) is 0 Å². The fraction of sp³-hybridized carbons (Fsp3) is 0.455. The third-order valence-corrected chi connectivity index (χ3v) is 17.1. The Morgan fingerprint density at radius 1 is 0.920 bits per heavy atom. The van der Waals surface area contributed by atoms with Gasteiger partial charge in [0.1, 0.15) is 53.6 Å². The van der Waals surface area contributed by atoms with Crippen LogP contribution < -0.4 is 25.0 Å². The minimum Gasteiger partial charge on any atom is -0.486 e. The average Bonchev–Trinajstić information content (AvgIpc) is 1.60. The quantitative estimate of drug-likeness (QED) is 0.0584. The molecule has 2 saturated heterocycles. The summed E-state index contributed by atoms with van der Waals surface area (Å²) < 4.78 is 41.5. The zero-order valence-electron chi connectivity index (χ0n) is 50.8. The molecule has 1 saturated carbocycles. The molecule has 460 valence electrons. The predicted octanol–water partition coefficient (Wildman–Crippen LogP) is 10.3. The third-order valence-electron chi connectivity index (χ3n) is 17.1. The molecule has 5 atom stereocenters. The van der Waals surface area contributed by atoms with Gasteiger partial charge in [-0.15, -0.1) is 0 Å². The van der Waals surface area contributed by atoms with Crippen molar-refractivity contribution in [3.8, 4) is 34.1 Å². The van der Waals surface area contributed by atoms with Crippen LogP contribution in [0.25, 0.3) is 44.2 Å². The molecule has 3 amide bonds. The molecule has 0 spiro atoms. The number of rotatable bonds is 18. The second-order valence-corrected chi connectivity index (χ2v) is 25.0. The lowest BCUT2D eigenvalue weighted by molar-refractivity contribution is -0.144. The first-order valence-corrected chi connectivity index (χ1v) is 30.6. The van der Waals surface area contributed by atoms with E-state index in [9.17, 15) is 19.5 Å². The van der Waals surface area contributed by atoms with Crippen molar-refractivity contribution < 1.29 is 42.8 Å². The van der Waals surface area contributed by atoms with E-state index < -0.39 is 35.9 Å². The van der Waals surface area contributed by atoms with Crippen molar-refractivity contribution in [3.63, 3.8) is 0 Å². The van der Waals surface area contributed by atoms with E-state index in [4.69, 9.17) is 34.0 Å². The number of aliphatic hydroxyl groups excluding tert-OH is 1. The van der Waals surface area contributed by atoms with Gasteiger partial charge in [-0.3, -0.25) is 29.7 Å². The first-order chi connectivity index (χ1) is 42.5. The van der Waals surface area contributed by atoms with Crippen molar-refractivity contribution in [3.05, 3.63) is 131 Å². The van der Waals surface area contributed by atoms with Crippen molar-refractivity contribution in [2.45, 2.75) is 141 Å². The molecule has 0 radical (unpaired) electrons. The monoisotopic (exact) mass is 1200 g/mol. The number of anilines is 1. The summed E-state index contributed by atoms with van der Waals surface area (Å²) in [6.07, 6.45) is 12.6. The topological polar surface area (TPSA) is 247 Å². The summed E-state index contributed by atoms with van der Waals surface area (Å²) in [4.78, 5) is 64.8. The van der Waals surface area contributed by atoms with E-state index in [1.165, 1.54) is 6.07 Å². The lowest BCUT2D eigenvalue weighted by Gasteiger charge is -2.34. The van der Waals surface area contributed by atoms with Gasteiger partial charge >= 0.3 is 12.1 Å². The van der Waals surface area contributed by atoms with E-state index in [1.807, 2.05) is 102 Å². The van der Waals surface area contributed by atoms with E-state index in [2.05, 4.69) is 47.0 Å². The molecule has 4 aromatic carbocycles. The SMILES string of the molecule is Cc1nccnc1-c1ccc(C(CO)NC(=O)C2CCCN2C(=O)C(C(C)C)N2CC(c3ccc(COc4c(-c5c(C)c(F)cc6[nH]ncc56)c(C5CC5)cc5c(N6CC=CC(NC(=O)OC(C)(C)C)C6)nc(OC6CCOCC6)nc45)cc3)N=N2)cc1. The molecule has 3 aromatic heterocycles. The lowest BCUT2D eigenvalue weighted by atomic mass is 9.88. The van der Waals surface area contributed by atoms with E-state index in [1.54, 1.807) is 35.4 Å². The zero-order valence-corrected chi connectivity index (χ0v) is 50.8. The van der Waals surface area contributed by atoms with Crippen LogP contribution in [-0.4, -0.2) is 139 Å². The number of aromatic amines is 1. The van der Waals surface area contributed by atoms with Crippen molar-refractivity contribution in [2.75, 3.05) is 50.9 Å². The number of carbonyl (C=O) groups is 3. The number of halogens is 1. The molecule has 3 fully saturated rings. The van der Waals surface area contributed by atoms with Crippen molar-refractivity contribution in [1.82, 2.24) is 50.7 Å². The molecule has 12 rings (SSSR count). The van der Waals surface area contributed by atoms with Gasteiger partial charge in [0.2, 0.25) is 11.8 Å². The molecular weight excluding hydrogens is 1120 g/mol. The molecule has 88 heavy (non-hydrogen) atoms. The number of fused-ring (bicyclic) bond motifs is 2. The standard InChI is InChI=1S/C66H76FN13O8/c1-37(2)59(63(83)79-27-9-11-54(79)62(82)72-53(35-81)43-18-20-44(21-19-43)57-39(4)68-24-25-69-57)80-34-52(76-77-80)42-14-12-40(13-15-42)36-86-60-56(55-38(3)50(67)31-51-49(55)32-70-75-51)47(41-16-17-41)30-48-58(60)73-64(87-46-22-28-85-29-23-46)74-61(48)78-26-8-10-45(33-78)71-65(84)88-66(5,6)7/h8,10,12-15,18-21,24-25,30-32,37,41,45-46,52-54,59,81H,9,11,16-17,22-23,26-29,33-36H2,1-7H3,(H,70,75)(H,71,84)(H,72,82). The summed E-state index contributed by atoms with van der Waals surface area (Å²) in [5.74, 6) is 0.113. The number of hydrogen-bond donors (Lipinski definition) is 4. The Hall–Kier alpha value is -8.63. The molecule has 1 aliphatic carbocycles. The lowest BCUT2D eigenvalue weighted by Crippen LogP contribution is -2.54. The number of aryl methyl sites for hydroxylation is 1. The average molecular weight is 1200 g/mol. The smallest absolute Gasteiger partial charge is 0.408 e. The van der Waals surface area contributed by atoms with Crippen LogP contribution in [0.5, 0.6) is 11.8 Å². The normalized spacial score (nSPS) is 19.6. The molecule has 0 bridgehead atoms. The number of nitrogens with one attached hydrogen (secondary N) is 3. The number of hydrogen-bond acceptors (Lipinski definition) is 17. The highest BCUT2D eigenvalue weighted by molar-refractivity contribution is 6.06. The highest BCUT2D eigenvalue weighted by Gasteiger charge is 2.43. The minimum atomic E-state index is -0.721. The van der Waals surface area contributed by atoms with E-state index >= 15 is 4.39 Å². The Labute approximate surface area is 510 Å². The Morgan fingerprint density at radius 2 is 1.69 bits per heavy atom. The number of amides is 3. The van der Waals surface area contributed by atoms with Crippen LogP contribution in [0.2, 0.25) is 0 Å². The molecule has 5 unspecified atom stereocenters. The molecule has 7 aromatic rings. The number of ether oxygens (including phenoxy) is 4. The number of alkyl carbamates (subject to hydrolysis) is 1. The highest BCUT2D eigenvalue weighted by Crippen LogP contribution is 2.53. The van der Waals surface area contributed by atoms with Gasteiger partial charge < -0.3 is 44.5 Å². The fourth-order valence-electron chi connectivity index (χ4n) is 12.5. The maximum Gasteiger partial charge on any atom is 0.408 e. The largest absolute Gasteiger partial charge is 0.486 e. The summed E-state index contributed by atoms with van der Waals surface area (Å²) in [6, 6.07) is 16.4. The van der Waals surface area contributed by atoms with Crippen LogP contribution in [0, 0.1) is 25.6 Å². The van der Waals surface area contributed by atoms with Crippen molar-refractivity contribution >= 4 is 45.5 Å². The van der Waals surface area contributed by atoms with Gasteiger partial charge in [0.05, 0.1) is 61.6 Å². The van der Waals surface area contributed by atoms with Crippen LogP contribution in [0.15, 0.2) is 102 Å². The van der Waals surface area contributed by atoms with Gasteiger partial charge in [0.25, 0.3) is 0 Å². The minimum absolute atomic E-state index is 0.102. The molecule has 4 aliphatic heterocycles. The van der Waals surface area contributed by atoms with Crippen LogP contribution in [0.1, 0.15) is 125 Å². The van der Waals surface area contributed by atoms with Gasteiger partial charge in [-0.2, -0.15) is 20.2 Å². The van der Waals surface area contributed by atoms with E-state index in [0.29, 0.717) is 98.8 Å². The number of nitrogens with zero attached hydrogens (tertiary/aromatic N) is 10. The van der Waals surface area contributed by atoms with Gasteiger partial charge in [0, 0.05) is 72.3 Å². The molecular formula is C66H76FN13O8. The number of likely N-dealkylation sites (tertiary alicyclic amines) is 1. The van der Waals surface area contributed by atoms with Gasteiger partial charge in [0.15, 0.2) is 5.75 Å². The second kappa shape index (κ2) is 25.2. The van der Waals surface area contributed by atoms with Crippen LogP contribution in [-0.2, 0) is 25.7 Å². The molecule has 22 heteroatoms. The number of benzene rings is 4. The number of aromatic nitrogens is 6. The molecule has 7 heterocycles. The van der Waals surface area contributed by atoms with Gasteiger partial charge in [-0.25, -0.2) is 9.18 Å². The predicted molar refractivity (Wildman–Crippen MR) is 329 cm³/mol. The van der Waals surface area contributed by atoms with Crippen LogP contribution in [0.4, 0.5) is 15.0 Å². The summed E-state index contributed by atoms with van der Waals surface area (Å²) >= 11 is 0. The van der Waals surface area contributed by atoms with Crippen molar-refractivity contribution in [1.29, 1.82) is 0 Å². The maximum atomic E-state index is 16.3. The van der Waals surface area contributed by atoms with Crippen LogP contribution >= 0.6 is 0 Å². The third kappa shape index (κ3) is 12.7. The molecule has 21 nitrogen and oxygen atoms in total. The van der Waals surface area contributed by atoms with E-state index in [0.717, 1.165) is 68.4 Å². The summed E-state index contributed by atoms with van der Waals surface area (Å²) in [6.45, 7) is 15.6. The highest BCUT2D eigenvalue weighted by atomic mass is 19.1. The summed E-state index contributed by atoms with van der Waals surface area (Å²) in [7, 11) is 0. The number of carbonyl (C=O) groups excluding carboxylic acids is 3. The second-order valence-electron chi connectivity index (χ2n) is 25.0. The fourth-order valence-corrected chi connectivity index (χ4v) is 12.5. The number of H-pyrrole nitrogens is 1.